The van der Waals surface area contributed by atoms with Gasteiger partial charge in [-0.1, -0.05) is 12.1 Å². The van der Waals surface area contributed by atoms with Gasteiger partial charge in [0.1, 0.15) is 5.82 Å². The fourth-order valence-electron chi connectivity index (χ4n) is 3.56. The van der Waals surface area contributed by atoms with Gasteiger partial charge < -0.3 is 9.47 Å². The van der Waals surface area contributed by atoms with E-state index in [1.165, 1.54) is 10.9 Å². The van der Waals surface area contributed by atoms with Crippen LogP contribution in [0, 0.1) is 6.92 Å². The number of rotatable bonds is 3. The molecule has 8 heteroatoms. The third-order valence-electron chi connectivity index (χ3n) is 4.85. The quantitative estimate of drug-likeness (QED) is 0.709. The van der Waals surface area contributed by atoms with Crippen LogP contribution in [0.5, 0.6) is 0 Å². The van der Waals surface area contributed by atoms with Crippen LogP contribution in [-0.4, -0.2) is 41.7 Å². The summed E-state index contributed by atoms with van der Waals surface area (Å²) < 4.78 is 3.57. The highest BCUT2D eigenvalue weighted by molar-refractivity contribution is 5.77. The van der Waals surface area contributed by atoms with Gasteiger partial charge >= 0.3 is 0 Å². The molecular formula is C18H20N6O2. The van der Waals surface area contributed by atoms with E-state index in [4.69, 9.17) is 0 Å². The highest BCUT2D eigenvalue weighted by Crippen LogP contribution is 2.21. The highest BCUT2D eigenvalue weighted by atomic mass is 16.2. The summed E-state index contributed by atoms with van der Waals surface area (Å²) in [4.78, 5) is 31.2. The van der Waals surface area contributed by atoms with Crippen molar-refractivity contribution in [3.05, 3.63) is 52.6 Å². The predicted molar refractivity (Wildman–Crippen MR) is 95.5 cm³/mol. The summed E-state index contributed by atoms with van der Waals surface area (Å²) in [6, 6.07) is 7.36. The Kier molecular flexibility index (Phi) is 4.02. The second-order valence-corrected chi connectivity index (χ2v) is 6.67. The maximum absolute atomic E-state index is 12.6. The van der Waals surface area contributed by atoms with Crippen LogP contribution in [0.2, 0.25) is 0 Å². The van der Waals surface area contributed by atoms with Crippen molar-refractivity contribution in [3.63, 3.8) is 0 Å². The van der Waals surface area contributed by atoms with Crippen LogP contribution in [0.15, 0.2) is 35.4 Å². The zero-order valence-electron chi connectivity index (χ0n) is 14.8. The van der Waals surface area contributed by atoms with Crippen molar-refractivity contribution in [1.82, 2.24) is 29.2 Å². The van der Waals surface area contributed by atoms with Gasteiger partial charge in [0.15, 0.2) is 5.82 Å². The van der Waals surface area contributed by atoms with Gasteiger partial charge in [-0.25, -0.2) is 4.98 Å². The maximum Gasteiger partial charge on any atom is 0.261 e. The molecule has 1 atom stereocenters. The molecule has 8 nitrogen and oxygen atoms in total. The van der Waals surface area contributed by atoms with E-state index in [1.54, 1.807) is 17.0 Å². The van der Waals surface area contributed by atoms with Gasteiger partial charge in [0.05, 0.1) is 29.8 Å². The first-order chi connectivity index (χ1) is 12.5. The molecule has 1 amide bonds. The first-order valence-electron chi connectivity index (χ1n) is 8.67. The van der Waals surface area contributed by atoms with E-state index in [1.807, 2.05) is 19.1 Å². The second-order valence-electron chi connectivity index (χ2n) is 6.67. The lowest BCUT2D eigenvalue weighted by Crippen LogP contribution is -2.41. The molecule has 0 saturated heterocycles. The molecule has 0 spiro atoms. The van der Waals surface area contributed by atoms with Crippen LogP contribution in [-0.2, 0) is 17.9 Å². The van der Waals surface area contributed by atoms with Crippen molar-refractivity contribution in [3.8, 4) is 0 Å². The number of benzene rings is 1. The van der Waals surface area contributed by atoms with Crippen molar-refractivity contribution in [2.75, 3.05) is 6.54 Å². The molecule has 0 aliphatic carbocycles. The van der Waals surface area contributed by atoms with E-state index in [2.05, 4.69) is 26.7 Å². The molecule has 2 aromatic heterocycles. The molecule has 3 heterocycles. The van der Waals surface area contributed by atoms with E-state index in [0.717, 1.165) is 11.6 Å². The molecule has 134 valence electrons. The Morgan fingerprint density at radius 2 is 2.08 bits per heavy atom. The molecule has 0 N–H and O–H groups in total. The normalized spacial score (nSPS) is 16.7. The number of para-hydroxylation sites is 1. The molecule has 0 radical (unpaired) electrons. The van der Waals surface area contributed by atoms with Gasteiger partial charge in [-0.3, -0.25) is 14.2 Å². The van der Waals surface area contributed by atoms with Crippen LogP contribution in [0.4, 0.5) is 0 Å². The van der Waals surface area contributed by atoms with Crippen LogP contribution in [0.1, 0.15) is 31.0 Å². The van der Waals surface area contributed by atoms with Crippen molar-refractivity contribution >= 4 is 16.8 Å². The lowest BCUT2D eigenvalue weighted by Gasteiger charge is -2.32. The average molecular weight is 352 g/mol. The summed E-state index contributed by atoms with van der Waals surface area (Å²) in [6.45, 7) is 5.36. The lowest BCUT2D eigenvalue weighted by atomic mass is 10.2. The average Bonchev–Trinajstić information content (AvgIpc) is 3.02. The number of aromatic nitrogens is 5. The maximum atomic E-state index is 12.6. The minimum absolute atomic E-state index is 0.00353. The number of hydrogen-bond acceptors (Lipinski definition) is 5. The van der Waals surface area contributed by atoms with Crippen LogP contribution in [0.3, 0.4) is 0 Å². The lowest BCUT2D eigenvalue weighted by molar-refractivity contribution is -0.133. The highest BCUT2D eigenvalue weighted by Gasteiger charge is 2.27. The standard InChI is InChI=1S/C18H20N6O2/c1-12-9-23(10-16-21-20-13(2)24(12)16)17(25)7-8-22-11-19-15-6-4-3-5-14(15)18(22)26/h3-6,11-12H,7-10H2,1-2H3. The smallest absolute Gasteiger partial charge is 0.261 e. The van der Waals surface area contributed by atoms with Crippen molar-refractivity contribution < 1.29 is 4.79 Å². The fourth-order valence-corrected chi connectivity index (χ4v) is 3.56. The summed E-state index contributed by atoms with van der Waals surface area (Å²) in [5, 5.41) is 8.82. The molecular weight excluding hydrogens is 332 g/mol. The third kappa shape index (κ3) is 2.77. The summed E-state index contributed by atoms with van der Waals surface area (Å²) in [7, 11) is 0. The Morgan fingerprint density at radius 3 is 2.92 bits per heavy atom. The fraction of sp³-hybridized carbons (Fsp3) is 0.389. The molecule has 0 fully saturated rings. The van der Waals surface area contributed by atoms with Gasteiger partial charge in [0, 0.05) is 19.5 Å². The third-order valence-corrected chi connectivity index (χ3v) is 4.85. The van der Waals surface area contributed by atoms with Crippen LogP contribution in [0.25, 0.3) is 10.9 Å². The van der Waals surface area contributed by atoms with Crippen molar-refractivity contribution in [2.45, 2.75) is 39.4 Å². The number of aryl methyl sites for hydroxylation is 2. The zero-order valence-corrected chi connectivity index (χ0v) is 14.8. The van der Waals surface area contributed by atoms with E-state index >= 15 is 0 Å². The SMILES string of the molecule is Cc1nnc2n1C(C)CN(C(=O)CCn1cnc3ccccc3c1=O)C2. The largest absolute Gasteiger partial charge is 0.333 e. The second kappa shape index (κ2) is 6.36. The van der Waals surface area contributed by atoms with E-state index in [-0.39, 0.29) is 23.9 Å². The minimum Gasteiger partial charge on any atom is -0.333 e. The van der Waals surface area contributed by atoms with E-state index in [9.17, 15) is 9.59 Å². The molecule has 1 aliphatic heterocycles. The predicted octanol–water partition coefficient (Wildman–Crippen LogP) is 1.29. The first-order valence-corrected chi connectivity index (χ1v) is 8.67. The molecule has 1 aromatic carbocycles. The molecule has 0 bridgehead atoms. The Bertz CT molecular complexity index is 1040. The van der Waals surface area contributed by atoms with Gasteiger partial charge in [0.25, 0.3) is 5.56 Å². The molecule has 26 heavy (non-hydrogen) atoms. The van der Waals surface area contributed by atoms with Crippen LogP contribution >= 0.6 is 0 Å². The Morgan fingerprint density at radius 1 is 1.27 bits per heavy atom. The Labute approximate surface area is 150 Å². The minimum atomic E-state index is -0.120. The number of carbonyl (C=O) groups is 1. The van der Waals surface area contributed by atoms with Gasteiger partial charge in [-0.15, -0.1) is 10.2 Å². The first kappa shape index (κ1) is 16.4. The van der Waals surface area contributed by atoms with Gasteiger partial charge in [-0.05, 0) is 26.0 Å². The number of amides is 1. The molecule has 0 saturated carbocycles. The summed E-state index contributed by atoms with van der Waals surface area (Å²) in [5.41, 5.74) is 0.547. The summed E-state index contributed by atoms with van der Waals surface area (Å²) >= 11 is 0. The molecule has 1 unspecified atom stereocenters. The number of fused-ring (bicyclic) bond motifs is 2. The monoisotopic (exact) mass is 352 g/mol. The molecule has 1 aliphatic rings. The zero-order chi connectivity index (χ0) is 18.3. The number of nitrogens with zero attached hydrogens (tertiary/aromatic N) is 6. The van der Waals surface area contributed by atoms with Crippen LogP contribution < -0.4 is 5.56 Å². The van der Waals surface area contributed by atoms with E-state index in [0.29, 0.717) is 30.5 Å². The molecule has 4 rings (SSSR count). The van der Waals surface area contributed by atoms with Gasteiger partial charge in [0.2, 0.25) is 5.91 Å². The Balaban J connectivity index is 1.48. The van der Waals surface area contributed by atoms with E-state index < -0.39 is 0 Å². The van der Waals surface area contributed by atoms with Crippen molar-refractivity contribution in [1.29, 1.82) is 0 Å². The topological polar surface area (TPSA) is 85.9 Å². The van der Waals surface area contributed by atoms with Gasteiger partial charge in [-0.2, -0.15) is 0 Å². The van der Waals surface area contributed by atoms with Crippen molar-refractivity contribution in [2.24, 2.45) is 0 Å². The summed E-state index contributed by atoms with van der Waals surface area (Å²) in [6.07, 6.45) is 1.76. The Hall–Kier alpha value is -3.03. The number of hydrogen-bond donors (Lipinski definition) is 0. The molecule has 3 aromatic rings. The summed E-state index contributed by atoms with van der Waals surface area (Å²) in [5.74, 6) is 1.68. The number of carbonyl (C=O) groups excluding carboxylic acids is 1.